The highest BCUT2D eigenvalue weighted by Gasteiger charge is 2.33. The number of benzene rings is 2. The van der Waals surface area contributed by atoms with Gasteiger partial charge in [-0.2, -0.15) is 0 Å². The predicted octanol–water partition coefficient (Wildman–Crippen LogP) is 4.42. The standard InChI is InChI=1S/C22H22F3NO4/c23-22(24,25)30-16-10-8-14(9-11-16)12-26-13-15-4-3-7-19(20(15)21(26)28)29-18-6-2-1-5-17(18)27/h3-4,7-11,17-18,27H,1-2,5-6,12-13H2/t17-,18-/m0/s1. The number of halogens is 3. The molecular formula is C22H22F3NO4. The van der Waals surface area contributed by atoms with Gasteiger partial charge in [0.2, 0.25) is 0 Å². The highest BCUT2D eigenvalue weighted by Crippen LogP contribution is 2.34. The molecule has 0 unspecified atom stereocenters. The first kappa shape index (κ1) is 20.5. The van der Waals surface area contributed by atoms with Gasteiger partial charge in [-0.05, 0) is 48.6 Å². The number of aliphatic hydroxyl groups excluding tert-OH is 1. The molecule has 1 amide bonds. The van der Waals surface area contributed by atoms with Gasteiger partial charge in [0.15, 0.2) is 0 Å². The van der Waals surface area contributed by atoms with E-state index in [1.54, 1.807) is 11.0 Å². The molecule has 5 nitrogen and oxygen atoms in total. The minimum Gasteiger partial charge on any atom is -0.487 e. The van der Waals surface area contributed by atoms with Crippen molar-refractivity contribution in [3.05, 3.63) is 59.2 Å². The van der Waals surface area contributed by atoms with Crippen molar-refractivity contribution < 1.29 is 32.5 Å². The maximum atomic E-state index is 13.0. The zero-order chi connectivity index (χ0) is 21.3. The number of hydrogen-bond donors (Lipinski definition) is 1. The number of alkyl halides is 3. The summed E-state index contributed by atoms with van der Waals surface area (Å²) in [6.45, 7) is 0.644. The fourth-order valence-electron chi connectivity index (χ4n) is 4.01. The fraction of sp³-hybridized carbons (Fsp3) is 0.409. The van der Waals surface area contributed by atoms with E-state index in [2.05, 4.69) is 4.74 Å². The number of amides is 1. The molecule has 30 heavy (non-hydrogen) atoms. The Hall–Kier alpha value is -2.74. The van der Waals surface area contributed by atoms with E-state index in [4.69, 9.17) is 4.74 Å². The van der Waals surface area contributed by atoms with Crippen LogP contribution in [0, 0.1) is 0 Å². The molecule has 8 heteroatoms. The number of ether oxygens (including phenoxy) is 2. The molecule has 1 heterocycles. The molecule has 0 aromatic heterocycles. The molecule has 4 rings (SSSR count). The summed E-state index contributed by atoms with van der Waals surface area (Å²) in [6.07, 6.45) is -2.23. The summed E-state index contributed by atoms with van der Waals surface area (Å²) in [7, 11) is 0. The van der Waals surface area contributed by atoms with E-state index in [0.717, 1.165) is 24.8 Å². The highest BCUT2D eigenvalue weighted by atomic mass is 19.4. The van der Waals surface area contributed by atoms with Gasteiger partial charge in [0.25, 0.3) is 5.91 Å². The Balaban J connectivity index is 1.46. The van der Waals surface area contributed by atoms with Crippen LogP contribution in [-0.4, -0.2) is 34.5 Å². The predicted molar refractivity (Wildman–Crippen MR) is 102 cm³/mol. The van der Waals surface area contributed by atoms with E-state index in [1.807, 2.05) is 12.1 Å². The summed E-state index contributed by atoms with van der Waals surface area (Å²) < 4.78 is 46.8. The highest BCUT2D eigenvalue weighted by molar-refractivity contribution is 6.01. The molecule has 1 fully saturated rings. The number of carbonyl (C=O) groups excluding carboxylic acids is 1. The lowest BCUT2D eigenvalue weighted by Crippen LogP contribution is -2.35. The van der Waals surface area contributed by atoms with Crippen molar-refractivity contribution in [2.75, 3.05) is 0 Å². The monoisotopic (exact) mass is 421 g/mol. The van der Waals surface area contributed by atoms with Crippen molar-refractivity contribution in [1.29, 1.82) is 0 Å². The van der Waals surface area contributed by atoms with Crippen molar-refractivity contribution in [3.8, 4) is 11.5 Å². The molecule has 2 atom stereocenters. The first-order valence-electron chi connectivity index (χ1n) is 9.91. The fourth-order valence-corrected chi connectivity index (χ4v) is 4.01. The maximum Gasteiger partial charge on any atom is 0.573 e. The average molecular weight is 421 g/mol. The van der Waals surface area contributed by atoms with Crippen LogP contribution in [0.5, 0.6) is 11.5 Å². The van der Waals surface area contributed by atoms with Gasteiger partial charge in [-0.15, -0.1) is 13.2 Å². The van der Waals surface area contributed by atoms with Gasteiger partial charge >= 0.3 is 6.36 Å². The Morgan fingerprint density at radius 1 is 1.07 bits per heavy atom. The van der Waals surface area contributed by atoms with E-state index < -0.39 is 12.5 Å². The molecule has 0 spiro atoms. The van der Waals surface area contributed by atoms with Crippen LogP contribution in [0.15, 0.2) is 42.5 Å². The number of aliphatic hydroxyl groups is 1. The molecule has 0 saturated heterocycles. The second-order valence-corrected chi connectivity index (χ2v) is 7.65. The van der Waals surface area contributed by atoms with Gasteiger partial charge in [-0.3, -0.25) is 4.79 Å². The van der Waals surface area contributed by atoms with Crippen LogP contribution in [0.1, 0.15) is 47.2 Å². The molecule has 160 valence electrons. The van der Waals surface area contributed by atoms with Crippen LogP contribution in [0.4, 0.5) is 13.2 Å². The third kappa shape index (κ3) is 4.53. The van der Waals surface area contributed by atoms with Crippen molar-refractivity contribution in [3.63, 3.8) is 0 Å². The first-order valence-corrected chi connectivity index (χ1v) is 9.91. The smallest absolute Gasteiger partial charge is 0.487 e. The van der Waals surface area contributed by atoms with Crippen LogP contribution in [0.25, 0.3) is 0 Å². The summed E-state index contributed by atoms with van der Waals surface area (Å²) in [5, 5.41) is 10.2. The molecule has 1 aliphatic heterocycles. The lowest BCUT2D eigenvalue weighted by atomic mass is 9.94. The largest absolute Gasteiger partial charge is 0.573 e. The van der Waals surface area contributed by atoms with Gasteiger partial charge in [0.1, 0.15) is 17.6 Å². The lowest BCUT2D eigenvalue weighted by molar-refractivity contribution is -0.274. The van der Waals surface area contributed by atoms with Crippen LogP contribution in [0.3, 0.4) is 0 Å². The summed E-state index contributed by atoms with van der Waals surface area (Å²) in [6, 6.07) is 10.9. The van der Waals surface area contributed by atoms with Crippen LogP contribution in [-0.2, 0) is 13.1 Å². The Labute approximate surface area is 172 Å². The maximum absolute atomic E-state index is 13.0. The van der Waals surface area contributed by atoms with Gasteiger partial charge in [-0.1, -0.05) is 30.7 Å². The average Bonchev–Trinajstić information content (AvgIpc) is 3.00. The van der Waals surface area contributed by atoms with Gasteiger partial charge in [0, 0.05) is 13.1 Å². The number of rotatable bonds is 5. The first-order chi connectivity index (χ1) is 14.3. The zero-order valence-corrected chi connectivity index (χ0v) is 16.2. The number of fused-ring (bicyclic) bond motifs is 1. The molecule has 1 N–H and O–H groups in total. The summed E-state index contributed by atoms with van der Waals surface area (Å²) in [4.78, 5) is 14.6. The molecule has 1 aliphatic carbocycles. The molecule has 0 bridgehead atoms. The molecular weight excluding hydrogens is 399 g/mol. The number of nitrogens with zero attached hydrogens (tertiary/aromatic N) is 1. The molecule has 2 aromatic rings. The third-order valence-corrected chi connectivity index (χ3v) is 5.45. The normalized spacial score (nSPS) is 21.5. The van der Waals surface area contributed by atoms with E-state index in [9.17, 15) is 23.1 Å². The topological polar surface area (TPSA) is 59.0 Å². The second-order valence-electron chi connectivity index (χ2n) is 7.65. The number of carbonyl (C=O) groups is 1. The van der Waals surface area contributed by atoms with Crippen LogP contribution in [0.2, 0.25) is 0 Å². The molecule has 2 aliphatic rings. The van der Waals surface area contributed by atoms with Crippen molar-refractivity contribution in [2.45, 2.75) is 57.3 Å². The van der Waals surface area contributed by atoms with Crippen molar-refractivity contribution in [2.24, 2.45) is 0 Å². The van der Waals surface area contributed by atoms with E-state index in [1.165, 1.54) is 24.3 Å². The lowest BCUT2D eigenvalue weighted by Gasteiger charge is -2.28. The number of hydrogen-bond acceptors (Lipinski definition) is 4. The van der Waals surface area contributed by atoms with Gasteiger partial charge < -0.3 is 19.5 Å². The summed E-state index contributed by atoms with van der Waals surface area (Å²) >= 11 is 0. The van der Waals surface area contributed by atoms with Crippen LogP contribution < -0.4 is 9.47 Å². The van der Waals surface area contributed by atoms with Gasteiger partial charge in [-0.25, -0.2) is 0 Å². The van der Waals surface area contributed by atoms with E-state index >= 15 is 0 Å². The van der Waals surface area contributed by atoms with Crippen molar-refractivity contribution >= 4 is 5.91 Å². The Kier molecular flexibility index (Phi) is 5.60. The van der Waals surface area contributed by atoms with Gasteiger partial charge in [0.05, 0.1) is 11.7 Å². The van der Waals surface area contributed by atoms with Crippen LogP contribution >= 0.6 is 0 Å². The second kappa shape index (κ2) is 8.18. The summed E-state index contributed by atoms with van der Waals surface area (Å²) in [5.41, 5.74) is 2.02. The Morgan fingerprint density at radius 3 is 2.50 bits per heavy atom. The quantitative estimate of drug-likeness (QED) is 0.776. The van der Waals surface area contributed by atoms with Crippen molar-refractivity contribution in [1.82, 2.24) is 4.90 Å². The van der Waals surface area contributed by atoms with E-state index in [0.29, 0.717) is 29.8 Å². The molecule has 2 aromatic carbocycles. The Morgan fingerprint density at radius 2 is 1.80 bits per heavy atom. The minimum absolute atomic E-state index is 0.193. The molecule has 1 saturated carbocycles. The summed E-state index contributed by atoms with van der Waals surface area (Å²) in [5.74, 6) is -0.0228. The zero-order valence-electron chi connectivity index (χ0n) is 16.2. The van der Waals surface area contributed by atoms with E-state index in [-0.39, 0.29) is 24.3 Å². The minimum atomic E-state index is -4.74. The Bertz CT molecular complexity index is 914. The third-order valence-electron chi connectivity index (χ3n) is 5.45. The SMILES string of the molecule is O=C1c2c(cccc2O[C@H]2CCCC[C@@H]2O)CN1Cc1ccc(OC(F)(F)F)cc1. The molecule has 0 radical (unpaired) electrons.